The van der Waals surface area contributed by atoms with E-state index < -0.39 is 0 Å². The van der Waals surface area contributed by atoms with Crippen LogP contribution in [0.4, 0.5) is 0 Å². The summed E-state index contributed by atoms with van der Waals surface area (Å²) in [6.07, 6.45) is 4.17. The van der Waals surface area contributed by atoms with Crippen molar-refractivity contribution in [2.75, 3.05) is 20.6 Å². The highest BCUT2D eigenvalue weighted by molar-refractivity contribution is 5.94. The molecule has 0 aromatic heterocycles. The van der Waals surface area contributed by atoms with Crippen LogP contribution in [0.2, 0.25) is 0 Å². The third kappa shape index (κ3) is 5.88. The fourth-order valence-electron chi connectivity index (χ4n) is 2.59. The van der Waals surface area contributed by atoms with Crippen molar-refractivity contribution in [3.8, 4) is 0 Å². The molecule has 2 aromatic rings. The Morgan fingerprint density at radius 3 is 2.31 bits per heavy atom. The lowest BCUT2D eigenvalue weighted by Gasteiger charge is -2.11. The second-order valence-electron chi connectivity index (χ2n) is 6.55. The molecular weight excluding hydrogens is 324 g/mol. The summed E-state index contributed by atoms with van der Waals surface area (Å²) in [5.74, 6) is 0.256. The molecule has 0 aliphatic carbocycles. The normalized spacial score (nSPS) is 12.0. The zero-order chi connectivity index (χ0) is 18.9. The van der Waals surface area contributed by atoms with Gasteiger partial charge in [-0.1, -0.05) is 49.4 Å². The molecule has 0 saturated carbocycles. The molecule has 0 bridgehead atoms. The molecule has 0 fully saturated rings. The summed E-state index contributed by atoms with van der Waals surface area (Å²) in [7, 11) is 3.44. The number of hydrogen-bond donors (Lipinski definition) is 1. The summed E-state index contributed by atoms with van der Waals surface area (Å²) < 4.78 is 0. The van der Waals surface area contributed by atoms with Crippen LogP contribution < -0.4 is 5.32 Å². The molecule has 0 radical (unpaired) electrons. The molecule has 2 amide bonds. The zero-order valence-corrected chi connectivity index (χ0v) is 15.6. The molecule has 0 spiro atoms. The van der Waals surface area contributed by atoms with Crippen molar-refractivity contribution in [2.24, 2.45) is 0 Å². The van der Waals surface area contributed by atoms with E-state index in [4.69, 9.17) is 0 Å². The minimum Gasteiger partial charge on any atom is -0.353 e. The molecule has 2 aromatic carbocycles. The Morgan fingerprint density at radius 2 is 1.69 bits per heavy atom. The van der Waals surface area contributed by atoms with E-state index in [1.54, 1.807) is 32.3 Å². The summed E-state index contributed by atoms with van der Waals surface area (Å²) in [5.41, 5.74) is 2.80. The van der Waals surface area contributed by atoms with Gasteiger partial charge >= 0.3 is 0 Å². The van der Waals surface area contributed by atoms with Gasteiger partial charge in [0, 0.05) is 32.3 Å². The average Bonchev–Trinajstić information content (AvgIpc) is 2.66. The minimum atomic E-state index is -0.112. The second kappa shape index (κ2) is 9.56. The van der Waals surface area contributed by atoms with Gasteiger partial charge in [-0.2, -0.15) is 0 Å². The molecule has 1 atom stereocenters. The maximum Gasteiger partial charge on any atom is 0.253 e. The first-order valence-electron chi connectivity index (χ1n) is 8.80. The van der Waals surface area contributed by atoms with Crippen molar-refractivity contribution in [1.29, 1.82) is 0 Å². The molecule has 1 unspecified atom stereocenters. The van der Waals surface area contributed by atoms with Crippen LogP contribution in [0, 0.1) is 0 Å². The molecule has 136 valence electrons. The van der Waals surface area contributed by atoms with Crippen LogP contribution >= 0.6 is 0 Å². The van der Waals surface area contributed by atoms with Crippen molar-refractivity contribution >= 4 is 17.9 Å². The highest BCUT2D eigenvalue weighted by Crippen LogP contribution is 2.17. The molecule has 1 N–H and O–H groups in total. The fourth-order valence-corrected chi connectivity index (χ4v) is 2.59. The van der Waals surface area contributed by atoms with Crippen LogP contribution in [-0.4, -0.2) is 37.4 Å². The number of nitrogens with zero attached hydrogens (tertiary/aromatic N) is 1. The van der Waals surface area contributed by atoms with Crippen molar-refractivity contribution in [3.63, 3.8) is 0 Å². The lowest BCUT2D eigenvalue weighted by Crippen LogP contribution is -2.23. The first kappa shape index (κ1) is 19.4. The predicted molar refractivity (Wildman–Crippen MR) is 106 cm³/mol. The molecule has 0 saturated heterocycles. The van der Waals surface area contributed by atoms with Gasteiger partial charge in [-0.15, -0.1) is 0 Å². The van der Waals surface area contributed by atoms with Crippen molar-refractivity contribution < 1.29 is 9.59 Å². The van der Waals surface area contributed by atoms with Crippen LogP contribution in [0.5, 0.6) is 0 Å². The molecule has 4 heteroatoms. The van der Waals surface area contributed by atoms with Gasteiger partial charge in [0.2, 0.25) is 5.91 Å². The monoisotopic (exact) mass is 350 g/mol. The Balaban J connectivity index is 1.79. The number of hydrogen-bond acceptors (Lipinski definition) is 2. The first-order valence-corrected chi connectivity index (χ1v) is 8.80. The maximum absolute atomic E-state index is 11.9. The number of amides is 2. The van der Waals surface area contributed by atoms with Gasteiger partial charge in [-0.05, 0) is 41.7 Å². The van der Waals surface area contributed by atoms with Crippen LogP contribution in [0.3, 0.4) is 0 Å². The largest absolute Gasteiger partial charge is 0.353 e. The van der Waals surface area contributed by atoms with Gasteiger partial charge in [0.25, 0.3) is 5.91 Å². The molecule has 2 rings (SSSR count). The van der Waals surface area contributed by atoms with Crippen molar-refractivity contribution in [2.45, 2.75) is 19.3 Å². The van der Waals surface area contributed by atoms with Gasteiger partial charge in [0.15, 0.2) is 0 Å². The van der Waals surface area contributed by atoms with Gasteiger partial charge in [-0.3, -0.25) is 9.59 Å². The maximum atomic E-state index is 11.9. The van der Waals surface area contributed by atoms with E-state index in [2.05, 4.69) is 24.4 Å². The number of carbonyl (C=O) groups excluding carboxylic acids is 2. The fraction of sp³-hybridized carbons (Fsp3) is 0.273. The predicted octanol–water partition coefficient (Wildman–Crippen LogP) is 3.71. The molecule has 4 nitrogen and oxygen atoms in total. The van der Waals surface area contributed by atoms with Crippen LogP contribution in [0.25, 0.3) is 6.08 Å². The van der Waals surface area contributed by atoms with E-state index in [1.807, 2.05) is 30.3 Å². The van der Waals surface area contributed by atoms with Crippen molar-refractivity contribution in [3.05, 3.63) is 77.4 Å². The first-order chi connectivity index (χ1) is 12.5. The standard InChI is InChI=1S/C22H26N2O2/c1-17(19-7-5-4-6-8-19)15-16-23-21(25)14-11-18-9-12-20(13-10-18)22(26)24(2)3/h4-14,17H,15-16H2,1-3H3,(H,23,25)/b14-11+. The zero-order valence-electron chi connectivity index (χ0n) is 15.6. The smallest absolute Gasteiger partial charge is 0.253 e. The van der Waals surface area contributed by atoms with Gasteiger partial charge in [-0.25, -0.2) is 0 Å². The van der Waals surface area contributed by atoms with E-state index in [-0.39, 0.29) is 11.8 Å². The summed E-state index contributed by atoms with van der Waals surface area (Å²) in [5, 5.41) is 2.91. The molecule has 0 aliphatic heterocycles. The Bertz CT molecular complexity index is 749. The lowest BCUT2D eigenvalue weighted by atomic mass is 9.98. The Morgan fingerprint density at radius 1 is 1.04 bits per heavy atom. The van der Waals surface area contributed by atoms with E-state index in [9.17, 15) is 9.59 Å². The average molecular weight is 350 g/mol. The van der Waals surface area contributed by atoms with E-state index >= 15 is 0 Å². The molecular formula is C22H26N2O2. The number of nitrogens with one attached hydrogen (secondary N) is 1. The third-order valence-corrected chi connectivity index (χ3v) is 4.24. The summed E-state index contributed by atoms with van der Waals surface area (Å²) >= 11 is 0. The van der Waals surface area contributed by atoms with E-state index in [1.165, 1.54) is 16.5 Å². The van der Waals surface area contributed by atoms with E-state index in [0.29, 0.717) is 18.0 Å². The molecule has 0 heterocycles. The number of carbonyl (C=O) groups is 2. The highest BCUT2D eigenvalue weighted by Gasteiger charge is 2.07. The van der Waals surface area contributed by atoms with Gasteiger partial charge in [0.1, 0.15) is 0 Å². The van der Waals surface area contributed by atoms with Crippen LogP contribution in [-0.2, 0) is 4.79 Å². The Kier molecular flexibility index (Phi) is 7.15. The van der Waals surface area contributed by atoms with Gasteiger partial charge < -0.3 is 10.2 Å². The van der Waals surface area contributed by atoms with Gasteiger partial charge in [0.05, 0.1) is 0 Å². The summed E-state index contributed by atoms with van der Waals surface area (Å²) in [6, 6.07) is 17.5. The van der Waals surface area contributed by atoms with Crippen LogP contribution in [0.1, 0.15) is 40.7 Å². The second-order valence-corrected chi connectivity index (χ2v) is 6.55. The SMILES string of the molecule is CC(CCNC(=O)/C=C/c1ccc(C(=O)N(C)C)cc1)c1ccccc1. The Hall–Kier alpha value is -2.88. The van der Waals surface area contributed by atoms with Crippen LogP contribution in [0.15, 0.2) is 60.7 Å². The minimum absolute atomic E-state index is 0.0363. The number of rotatable bonds is 7. The lowest BCUT2D eigenvalue weighted by molar-refractivity contribution is -0.116. The van der Waals surface area contributed by atoms with Crippen molar-refractivity contribution in [1.82, 2.24) is 10.2 Å². The third-order valence-electron chi connectivity index (χ3n) is 4.24. The molecule has 0 aliphatic rings. The number of benzene rings is 2. The summed E-state index contributed by atoms with van der Waals surface area (Å²) in [6.45, 7) is 2.80. The topological polar surface area (TPSA) is 49.4 Å². The Labute approximate surface area is 155 Å². The van der Waals surface area contributed by atoms with E-state index in [0.717, 1.165) is 12.0 Å². The quantitative estimate of drug-likeness (QED) is 0.774. The highest BCUT2D eigenvalue weighted by atomic mass is 16.2. The summed E-state index contributed by atoms with van der Waals surface area (Å²) in [4.78, 5) is 25.3. The molecule has 26 heavy (non-hydrogen) atoms.